The smallest absolute Gasteiger partial charge is 0.191 e. The molecule has 1 aromatic heterocycles. The van der Waals surface area contributed by atoms with Crippen molar-refractivity contribution in [1.82, 2.24) is 15.6 Å². The number of pyridine rings is 1. The van der Waals surface area contributed by atoms with Gasteiger partial charge in [0, 0.05) is 43.5 Å². The fourth-order valence-electron chi connectivity index (χ4n) is 2.66. The summed E-state index contributed by atoms with van der Waals surface area (Å²) >= 11 is 6.08. The molecule has 25 heavy (non-hydrogen) atoms. The zero-order valence-electron chi connectivity index (χ0n) is 15.2. The van der Waals surface area contributed by atoms with Crippen LogP contribution in [0.1, 0.15) is 25.1 Å². The Morgan fingerprint density at radius 2 is 2.00 bits per heavy atom. The topological polar surface area (TPSA) is 49.3 Å². The summed E-state index contributed by atoms with van der Waals surface area (Å²) in [6.07, 6.45) is 3.64. The number of aromatic nitrogens is 1. The molecule has 0 unspecified atom stereocenters. The van der Waals surface area contributed by atoms with Crippen LogP contribution in [-0.4, -0.2) is 31.1 Å². The lowest BCUT2D eigenvalue weighted by Gasteiger charge is -2.26. The van der Waals surface area contributed by atoms with Crippen LogP contribution in [0.25, 0.3) is 0 Å². The third kappa shape index (κ3) is 7.14. The average Bonchev–Trinajstić information content (AvgIpc) is 2.58. The summed E-state index contributed by atoms with van der Waals surface area (Å²) in [5.41, 5.74) is 2.41. The van der Waals surface area contributed by atoms with Gasteiger partial charge in [0.05, 0.1) is 0 Å². The molecule has 2 rings (SSSR count). The fourth-order valence-corrected chi connectivity index (χ4v) is 2.87. The van der Waals surface area contributed by atoms with Gasteiger partial charge in [0.1, 0.15) is 0 Å². The van der Waals surface area contributed by atoms with E-state index in [4.69, 9.17) is 11.6 Å². The minimum absolute atomic E-state index is 0.0866. The van der Waals surface area contributed by atoms with Crippen LogP contribution in [0, 0.1) is 5.41 Å². The number of halogens is 1. The summed E-state index contributed by atoms with van der Waals surface area (Å²) in [6.45, 7) is 6.10. The minimum atomic E-state index is 0.0866. The van der Waals surface area contributed by atoms with Crippen molar-refractivity contribution in [3.05, 3.63) is 64.9 Å². The Bertz CT molecular complexity index is 683. The summed E-state index contributed by atoms with van der Waals surface area (Å²) in [4.78, 5) is 8.63. The molecule has 2 N–H and O–H groups in total. The van der Waals surface area contributed by atoms with Crippen LogP contribution >= 0.6 is 11.6 Å². The standard InChI is InChI=1S/C20H27ClN4/c1-20(2,14-16-7-6-8-17(21)13-16)15-25-19(22-3)24-12-10-18-9-4-5-11-23-18/h4-9,11,13H,10,12,14-15H2,1-3H3,(H2,22,24,25). The molecule has 0 aliphatic carbocycles. The molecule has 2 aromatic rings. The Labute approximate surface area is 155 Å². The van der Waals surface area contributed by atoms with Gasteiger partial charge in [-0.3, -0.25) is 9.98 Å². The summed E-state index contributed by atoms with van der Waals surface area (Å²) in [5.74, 6) is 0.815. The Hall–Kier alpha value is -2.07. The van der Waals surface area contributed by atoms with E-state index in [-0.39, 0.29) is 5.41 Å². The first kappa shape index (κ1) is 19.3. The number of benzene rings is 1. The van der Waals surface area contributed by atoms with Gasteiger partial charge in [-0.2, -0.15) is 0 Å². The highest BCUT2D eigenvalue weighted by molar-refractivity contribution is 6.30. The van der Waals surface area contributed by atoms with E-state index >= 15 is 0 Å². The molecule has 0 aliphatic rings. The van der Waals surface area contributed by atoms with Gasteiger partial charge in [0.25, 0.3) is 0 Å². The molecule has 0 aliphatic heterocycles. The van der Waals surface area contributed by atoms with Crippen LogP contribution in [-0.2, 0) is 12.8 Å². The highest BCUT2D eigenvalue weighted by Crippen LogP contribution is 2.22. The van der Waals surface area contributed by atoms with E-state index < -0.39 is 0 Å². The second-order valence-electron chi connectivity index (χ2n) is 6.89. The zero-order valence-corrected chi connectivity index (χ0v) is 16.0. The van der Waals surface area contributed by atoms with Crippen LogP contribution in [0.15, 0.2) is 53.7 Å². The highest BCUT2D eigenvalue weighted by atomic mass is 35.5. The van der Waals surface area contributed by atoms with Crippen LogP contribution < -0.4 is 10.6 Å². The maximum Gasteiger partial charge on any atom is 0.191 e. The van der Waals surface area contributed by atoms with E-state index in [2.05, 4.69) is 40.5 Å². The molecule has 1 heterocycles. The molecule has 0 saturated carbocycles. The normalized spacial score (nSPS) is 12.1. The molecule has 0 fully saturated rings. The lowest BCUT2D eigenvalue weighted by atomic mass is 9.86. The maximum absolute atomic E-state index is 6.08. The first-order valence-corrected chi connectivity index (χ1v) is 8.95. The van der Waals surface area contributed by atoms with Gasteiger partial charge in [-0.15, -0.1) is 0 Å². The van der Waals surface area contributed by atoms with E-state index in [1.54, 1.807) is 7.05 Å². The Balaban J connectivity index is 1.78. The monoisotopic (exact) mass is 358 g/mol. The predicted octanol–water partition coefficient (Wildman–Crippen LogP) is 3.71. The van der Waals surface area contributed by atoms with E-state index in [1.807, 2.05) is 42.6 Å². The second kappa shape index (κ2) is 9.42. The summed E-state index contributed by atoms with van der Waals surface area (Å²) in [6, 6.07) is 14.0. The van der Waals surface area contributed by atoms with Gasteiger partial charge >= 0.3 is 0 Å². The van der Waals surface area contributed by atoms with Gasteiger partial charge in [0.2, 0.25) is 0 Å². The van der Waals surface area contributed by atoms with Crippen LogP contribution in [0.4, 0.5) is 0 Å². The number of guanidine groups is 1. The van der Waals surface area contributed by atoms with Crippen molar-refractivity contribution in [3.63, 3.8) is 0 Å². The largest absolute Gasteiger partial charge is 0.356 e. The lowest BCUT2D eigenvalue weighted by molar-refractivity contribution is 0.359. The van der Waals surface area contributed by atoms with Gasteiger partial charge in [0.15, 0.2) is 5.96 Å². The van der Waals surface area contributed by atoms with Crippen molar-refractivity contribution in [3.8, 4) is 0 Å². The van der Waals surface area contributed by atoms with Crippen molar-refractivity contribution in [2.24, 2.45) is 10.4 Å². The third-order valence-electron chi connectivity index (χ3n) is 3.93. The number of rotatable bonds is 7. The quantitative estimate of drug-likeness (QED) is 0.586. The summed E-state index contributed by atoms with van der Waals surface area (Å²) < 4.78 is 0. The molecule has 0 atom stereocenters. The number of hydrogen-bond donors (Lipinski definition) is 2. The molecule has 4 nitrogen and oxygen atoms in total. The van der Waals surface area contributed by atoms with Crippen molar-refractivity contribution in [1.29, 1.82) is 0 Å². The Morgan fingerprint density at radius 1 is 1.16 bits per heavy atom. The SMILES string of the molecule is CN=C(NCCc1ccccn1)NCC(C)(C)Cc1cccc(Cl)c1. The Kier molecular flexibility index (Phi) is 7.26. The third-order valence-corrected chi connectivity index (χ3v) is 4.16. The number of nitrogens with one attached hydrogen (secondary N) is 2. The maximum atomic E-state index is 6.08. The van der Waals surface area contributed by atoms with Gasteiger partial charge < -0.3 is 10.6 Å². The lowest BCUT2D eigenvalue weighted by Crippen LogP contribution is -2.43. The molecule has 5 heteroatoms. The summed E-state index contributed by atoms with van der Waals surface area (Å²) in [7, 11) is 1.79. The van der Waals surface area contributed by atoms with Gasteiger partial charge in [-0.1, -0.05) is 43.6 Å². The number of aliphatic imine (C=N–C) groups is 1. The molecule has 0 bridgehead atoms. The van der Waals surface area contributed by atoms with Gasteiger partial charge in [-0.05, 0) is 41.7 Å². The van der Waals surface area contributed by atoms with Crippen molar-refractivity contribution < 1.29 is 0 Å². The molecule has 0 amide bonds. The molecule has 1 aromatic carbocycles. The van der Waals surface area contributed by atoms with Crippen molar-refractivity contribution in [2.75, 3.05) is 20.1 Å². The van der Waals surface area contributed by atoms with E-state index in [0.717, 1.165) is 42.6 Å². The molecule has 134 valence electrons. The minimum Gasteiger partial charge on any atom is -0.356 e. The molecule has 0 spiro atoms. The second-order valence-corrected chi connectivity index (χ2v) is 7.33. The molecule has 0 saturated heterocycles. The van der Waals surface area contributed by atoms with Crippen molar-refractivity contribution in [2.45, 2.75) is 26.7 Å². The average molecular weight is 359 g/mol. The van der Waals surface area contributed by atoms with Crippen LogP contribution in [0.5, 0.6) is 0 Å². The van der Waals surface area contributed by atoms with E-state index in [9.17, 15) is 0 Å². The Morgan fingerprint density at radius 3 is 2.68 bits per heavy atom. The molecular formula is C20H27ClN4. The first-order chi connectivity index (χ1) is 12.0. The predicted molar refractivity (Wildman–Crippen MR) is 106 cm³/mol. The van der Waals surface area contributed by atoms with Crippen LogP contribution in [0.3, 0.4) is 0 Å². The summed E-state index contributed by atoms with van der Waals surface area (Å²) in [5, 5.41) is 7.54. The number of nitrogens with zero attached hydrogens (tertiary/aromatic N) is 2. The van der Waals surface area contributed by atoms with E-state index in [1.165, 1.54) is 5.56 Å². The van der Waals surface area contributed by atoms with Crippen LogP contribution in [0.2, 0.25) is 5.02 Å². The van der Waals surface area contributed by atoms with Gasteiger partial charge in [-0.25, -0.2) is 0 Å². The first-order valence-electron chi connectivity index (χ1n) is 8.57. The fraction of sp³-hybridized carbons (Fsp3) is 0.400. The van der Waals surface area contributed by atoms with E-state index in [0.29, 0.717) is 0 Å². The molecule has 0 radical (unpaired) electrons. The highest BCUT2D eigenvalue weighted by Gasteiger charge is 2.19. The van der Waals surface area contributed by atoms with Crippen molar-refractivity contribution >= 4 is 17.6 Å². The molecular weight excluding hydrogens is 332 g/mol. The number of hydrogen-bond acceptors (Lipinski definition) is 2. The zero-order chi connectivity index (χ0) is 18.1.